The van der Waals surface area contributed by atoms with Crippen molar-refractivity contribution in [2.75, 3.05) is 5.75 Å². The third-order valence-electron chi connectivity index (χ3n) is 3.28. The van der Waals surface area contributed by atoms with E-state index in [9.17, 15) is 12.8 Å². The first-order chi connectivity index (χ1) is 10.2. The van der Waals surface area contributed by atoms with Gasteiger partial charge in [-0.15, -0.1) is 0 Å². The molecule has 0 aliphatic carbocycles. The maximum absolute atomic E-state index is 13.3. The highest BCUT2D eigenvalue weighted by atomic mass is 79.9. The van der Waals surface area contributed by atoms with Gasteiger partial charge in [-0.2, -0.15) is 0 Å². The molecule has 118 valence electrons. The van der Waals surface area contributed by atoms with Crippen LogP contribution in [0.3, 0.4) is 0 Å². The van der Waals surface area contributed by atoms with Crippen molar-refractivity contribution in [3.8, 4) is 11.5 Å². The van der Waals surface area contributed by atoms with Crippen LogP contribution in [-0.2, 0) is 9.84 Å². The Hall–Kier alpha value is -1.40. The molecule has 6 heteroatoms. The molecule has 2 rings (SSSR count). The van der Waals surface area contributed by atoms with Gasteiger partial charge in [0.2, 0.25) is 0 Å². The maximum atomic E-state index is 13.3. The van der Waals surface area contributed by atoms with Crippen LogP contribution in [-0.4, -0.2) is 14.2 Å². The van der Waals surface area contributed by atoms with Crippen LogP contribution in [0.15, 0.2) is 39.7 Å². The van der Waals surface area contributed by atoms with E-state index in [1.54, 1.807) is 26.8 Å². The third-order valence-corrected chi connectivity index (χ3v) is 5.63. The smallest absolute Gasteiger partial charge is 0.178 e. The second kappa shape index (κ2) is 6.38. The van der Waals surface area contributed by atoms with Crippen molar-refractivity contribution in [2.45, 2.75) is 25.7 Å². The second-order valence-electron chi connectivity index (χ2n) is 4.97. The summed E-state index contributed by atoms with van der Waals surface area (Å²) in [5.41, 5.74) is 1.35. The fourth-order valence-electron chi connectivity index (χ4n) is 2.09. The molecule has 0 spiro atoms. The molecule has 0 atom stereocenters. The van der Waals surface area contributed by atoms with E-state index in [-0.39, 0.29) is 16.5 Å². The quantitative estimate of drug-likeness (QED) is 0.758. The molecule has 0 heterocycles. The van der Waals surface area contributed by atoms with Gasteiger partial charge in [0.25, 0.3) is 0 Å². The first kappa shape index (κ1) is 17.0. The van der Waals surface area contributed by atoms with Crippen molar-refractivity contribution < 1.29 is 17.5 Å². The lowest BCUT2D eigenvalue weighted by atomic mass is 10.1. The molecule has 2 aromatic carbocycles. The van der Waals surface area contributed by atoms with Crippen LogP contribution in [0.4, 0.5) is 4.39 Å². The Labute approximate surface area is 138 Å². The van der Waals surface area contributed by atoms with E-state index in [0.29, 0.717) is 27.1 Å². The molecule has 0 fully saturated rings. The van der Waals surface area contributed by atoms with Crippen LogP contribution in [0.5, 0.6) is 11.5 Å². The van der Waals surface area contributed by atoms with Gasteiger partial charge in [-0.25, -0.2) is 12.8 Å². The van der Waals surface area contributed by atoms with Gasteiger partial charge in [0.1, 0.15) is 17.3 Å². The summed E-state index contributed by atoms with van der Waals surface area (Å²) in [6.07, 6.45) is 0. The SMILES string of the molecule is CCS(=O)(=O)c1ccc(Oc2c(C)cc(F)cc2C)c(Br)c1. The number of sulfone groups is 1. The van der Waals surface area contributed by atoms with Gasteiger partial charge >= 0.3 is 0 Å². The van der Waals surface area contributed by atoms with E-state index in [1.165, 1.54) is 24.3 Å². The molecule has 2 aromatic rings. The second-order valence-corrected chi connectivity index (χ2v) is 8.10. The topological polar surface area (TPSA) is 43.4 Å². The lowest BCUT2D eigenvalue weighted by molar-refractivity contribution is 0.469. The summed E-state index contributed by atoms with van der Waals surface area (Å²) in [5, 5.41) is 0. The van der Waals surface area contributed by atoms with Gasteiger partial charge < -0.3 is 4.74 Å². The molecule has 3 nitrogen and oxygen atoms in total. The summed E-state index contributed by atoms with van der Waals surface area (Å²) >= 11 is 3.33. The number of hydrogen-bond donors (Lipinski definition) is 0. The minimum Gasteiger partial charge on any atom is -0.456 e. The molecule has 0 aliphatic heterocycles. The summed E-state index contributed by atoms with van der Waals surface area (Å²) in [6.45, 7) is 5.11. The minimum atomic E-state index is -3.27. The number of aryl methyl sites for hydroxylation is 2. The van der Waals surface area contributed by atoms with E-state index in [2.05, 4.69) is 15.9 Å². The zero-order valence-corrected chi connectivity index (χ0v) is 14.9. The van der Waals surface area contributed by atoms with Crippen molar-refractivity contribution >= 4 is 25.8 Å². The summed E-state index contributed by atoms with van der Waals surface area (Å²) < 4.78 is 43.4. The minimum absolute atomic E-state index is 0.0375. The molecule has 22 heavy (non-hydrogen) atoms. The van der Waals surface area contributed by atoms with Crippen LogP contribution in [0.1, 0.15) is 18.1 Å². The molecule has 0 amide bonds. The highest BCUT2D eigenvalue weighted by Crippen LogP contribution is 2.35. The highest BCUT2D eigenvalue weighted by Gasteiger charge is 2.15. The summed E-state index contributed by atoms with van der Waals surface area (Å²) in [7, 11) is -3.27. The van der Waals surface area contributed by atoms with E-state index in [1.807, 2.05) is 0 Å². The van der Waals surface area contributed by atoms with Crippen molar-refractivity contribution in [1.29, 1.82) is 0 Å². The van der Waals surface area contributed by atoms with Crippen LogP contribution in [0.2, 0.25) is 0 Å². The van der Waals surface area contributed by atoms with Gasteiger partial charge in [0.05, 0.1) is 15.1 Å². The maximum Gasteiger partial charge on any atom is 0.178 e. The Morgan fingerprint density at radius 2 is 1.73 bits per heavy atom. The summed E-state index contributed by atoms with van der Waals surface area (Å²) in [4.78, 5) is 0.238. The molecule has 0 N–H and O–H groups in total. The molecule has 0 aliphatic rings. The van der Waals surface area contributed by atoms with E-state index in [0.717, 1.165) is 0 Å². The molecule has 0 radical (unpaired) electrons. The fourth-order valence-corrected chi connectivity index (χ4v) is 3.61. The van der Waals surface area contributed by atoms with Gasteiger partial charge in [-0.05, 0) is 71.2 Å². The lowest BCUT2D eigenvalue weighted by Gasteiger charge is -2.14. The number of ether oxygens (including phenoxy) is 1. The molecule has 0 bridgehead atoms. The lowest BCUT2D eigenvalue weighted by Crippen LogP contribution is -2.03. The molecule has 0 unspecified atom stereocenters. The Balaban J connectivity index is 2.40. The van der Waals surface area contributed by atoms with Gasteiger partial charge in [-0.1, -0.05) is 6.92 Å². The monoisotopic (exact) mass is 386 g/mol. The van der Waals surface area contributed by atoms with Crippen molar-refractivity contribution in [3.05, 3.63) is 51.7 Å². The fraction of sp³-hybridized carbons (Fsp3) is 0.250. The van der Waals surface area contributed by atoms with E-state index >= 15 is 0 Å². The molecule has 0 aromatic heterocycles. The zero-order chi connectivity index (χ0) is 16.5. The molecule has 0 saturated heterocycles. The number of rotatable bonds is 4. The van der Waals surface area contributed by atoms with Gasteiger partial charge in [0, 0.05) is 0 Å². The molecular formula is C16H16BrFO3S. The average Bonchev–Trinajstić information content (AvgIpc) is 2.44. The van der Waals surface area contributed by atoms with Crippen LogP contribution < -0.4 is 4.74 Å². The predicted octanol–water partition coefficient (Wildman–Crippen LogP) is 4.79. The number of halogens is 2. The van der Waals surface area contributed by atoms with Crippen LogP contribution in [0.25, 0.3) is 0 Å². The normalized spacial score (nSPS) is 11.5. The van der Waals surface area contributed by atoms with Gasteiger partial charge in [0.15, 0.2) is 9.84 Å². The van der Waals surface area contributed by atoms with E-state index < -0.39 is 9.84 Å². The first-order valence-electron chi connectivity index (χ1n) is 6.71. The largest absolute Gasteiger partial charge is 0.456 e. The highest BCUT2D eigenvalue weighted by molar-refractivity contribution is 9.10. The number of benzene rings is 2. The average molecular weight is 387 g/mol. The first-order valence-corrected chi connectivity index (χ1v) is 9.16. The van der Waals surface area contributed by atoms with Gasteiger partial charge in [-0.3, -0.25) is 0 Å². The third kappa shape index (κ3) is 3.50. The number of hydrogen-bond acceptors (Lipinski definition) is 3. The van der Waals surface area contributed by atoms with Crippen LogP contribution >= 0.6 is 15.9 Å². The predicted molar refractivity (Wildman–Crippen MR) is 87.8 cm³/mol. The Morgan fingerprint density at radius 3 is 2.23 bits per heavy atom. The molecule has 0 saturated carbocycles. The molecular weight excluding hydrogens is 371 g/mol. The summed E-state index contributed by atoms with van der Waals surface area (Å²) in [5.74, 6) is 0.766. The van der Waals surface area contributed by atoms with Crippen molar-refractivity contribution in [3.63, 3.8) is 0 Å². The van der Waals surface area contributed by atoms with Crippen molar-refractivity contribution in [2.24, 2.45) is 0 Å². The van der Waals surface area contributed by atoms with Crippen LogP contribution in [0, 0.1) is 19.7 Å². The Kier molecular flexibility index (Phi) is 4.92. The van der Waals surface area contributed by atoms with E-state index in [4.69, 9.17) is 4.74 Å². The summed E-state index contributed by atoms with van der Waals surface area (Å²) in [6, 6.07) is 7.41. The Morgan fingerprint density at radius 1 is 1.14 bits per heavy atom. The standard InChI is InChI=1S/C16H16BrFO3S/c1-4-22(19,20)13-5-6-15(14(17)9-13)21-16-10(2)7-12(18)8-11(16)3/h5-9H,4H2,1-3H3. The van der Waals surface area contributed by atoms with Crippen molar-refractivity contribution in [1.82, 2.24) is 0 Å². The Bertz CT molecular complexity index is 793. The zero-order valence-electron chi connectivity index (χ0n) is 12.5.